The van der Waals surface area contributed by atoms with Gasteiger partial charge in [0.2, 0.25) is 5.91 Å². The lowest BCUT2D eigenvalue weighted by Crippen LogP contribution is -2.34. The first-order valence-corrected chi connectivity index (χ1v) is 6.29. The van der Waals surface area contributed by atoms with Crippen LogP contribution in [-0.2, 0) is 4.79 Å². The predicted octanol–water partition coefficient (Wildman–Crippen LogP) is 2.29. The van der Waals surface area contributed by atoms with Gasteiger partial charge in [0.25, 0.3) is 0 Å². The molecule has 1 amide bonds. The maximum absolute atomic E-state index is 12.5. The smallest absolute Gasteiger partial charge is 0.363 e. The molecule has 0 radical (unpaired) electrons. The van der Waals surface area contributed by atoms with Crippen LogP contribution in [0.2, 0.25) is 0 Å². The lowest BCUT2D eigenvalue weighted by Gasteiger charge is -2.25. The number of carbonyl (C=O) groups excluding carboxylic acids is 1. The fourth-order valence-corrected chi connectivity index (χ4v) is 2.34. The molecule has 2 N–H and O–H groups in total. The van der Waals surface area contributed by atoms with Gasteiger partial charge in [0.1, 0.15) is 12.6 Å². The molecule has 2 rings (SSSR count). The molecule has 0 bridgehead atoms. The van der Waals surface area contributed by atoms with E-state index in [2.05, 4.69) is 10.6 Å². The highest BCUT2D eigenvalue weighted by atomic mass is 19.4. The summed E-state index contributed by atoms with van der Waals surface area (Å²) in [4.78, 5) is 12.9. The molecule has 0 fully saturated rings. The number of amides is 1. The number of likely N-dealkylation sites (N-methyl/N-ethyl adjacent to an activating group) is 1. The van der Waals surface area contributed by atoms with Gasteiger partial charge in [-0.1, -0.05) is 6.07 Å². The van der Waals surface area contributed by atoms with Gasteiger partial charge in [-0.25, -0.2) is 0 Å². The zero-order valence-electron chi connectivity index (χ0n) is 11.2. The Balaban J connectivity index is 2.28. The van der Waals surface area contributed by atoms with Crippen LogP contribution in [0, 0.1) is 0 Å². The van der Waals surface area contributed by atoms with E-state index in [0.29, 0.717) is 11.4 Å². The first kappa shape index (κ1) is 14.6. The van der Waals surface area contributed by atoms with E-state index in [4.69, 9.17) is 0 Å². The summed E-state index contributed by atoms with van der Waals surface area (Å²) in [5, 5.41) is 5.54. The van der Waals surface area contributed by atoms with Crippen LogP contribution < -0.4 is 15.5 Å². The minimum absolute atomic E-state index is 0.196. The zero-order valence-corrected chi connectivity index (χ0v) is 11.2. The van der Waals surface area contributed by atoms with E-state index in [0.717, 1.165) is 5.56 Å². The van der Waals surface area contributed by atoms with Gasteiger partial charge in [0.15, 0.2) is 0 Å². The molecule has 7 heteroatoms. The topological polar surface area (TPSA) is 44.4 Å². The summed E-state index contributed by atoms with van der Waals surface area (Å²) >= 11 is 0. The van der Waals surface area contributed by atoms with Gasteiger partial charge in [-0.3, -0.25) is 4.79 Å². The molecule has 0 aliphatic carbocycles. The van der Waals surface area contributed by atoms with Crippen molar-refractivity contribution < 1.29 is 18.0 Å². The van der Waals surface area contributed by atoms with Crippen LogP contribution in [0.4, 0.5) is 24.5 Å². The highest BCUT2D eigenvalue weighted by Gasteiger charge is 2.32. The molecule has 0 aromatic heterocycles. The Labute approximate surface area is 114 Å². The molecule has 1 atom stereocenters. The Morgan fingerprint density at radius 3 is 2.65 bits per heavy atom. The van der Waals surface area contributed by atoms with E-state index >= 15 is 0 Å². The maximum atomic E-state index is 12.5. The first-order valence-electron chi connectivity index (χ1n) is 6.29. The number of nitrogens with one attached hydrogen (secondary N) is 2. The Morgan fingerprint density at radius 2 is 2.10 bits per heavy atom. The molecule has 1 unspecified atom stereocenters. The van der Waals surface area contributed by atoms with Crippen molar-refractivity contribution in [2.45, 2.75) is 19.1 Å². The van der Waals surface area contributed by atoms with Gasteiger partial charge in [-0.15, -0.1) is 0 Å². The number of halogens is 3. The van der Waals surface area contributed by atoms with Crippen molar-refractivity contribution >= 4 is 17.3 Å². The summed E-state index contributed by atoms with van der Waals surface area (Å²) in [5.74, 6) is -0.196. The normalized spacial score (nSPS) is 17.9. The fourth-order valence-electron chi connectivity index (χ4n) is 2.34. The monoisotopic (exact) mass is 287 g/mol. The first-order chi connectivity index (χ1) is 9.35. The third kappa shape index (κ3) is 2.87. The molecular weight excluding hydrogens is 271 g/mol. The Morgan fingerprint density at radius 1 is 1.40 bits per heavy atom. The van der Waals surface area contributed by atoms with Crippen LogP contribution >= 0.6 is 0 Å². The molecule has 0 spiro atoms. The van der Waals surface area contributed by atoms with E-state index in [9.17, 15) is 18.0 Å². The lowest BCUT2D eigenvalue weighted by atomic mass is 10.1. The Kier molecular flexibility index (Phi) is 3.89. The van der Waals surface area contributed by atoms with Crippen molar-refractivity contribution in [1.29, 1.82) is 0 Å². The van der Waals surface area contributed by atoms with E-state index in [1.807, 2.05) is 0 Å². The fraction of sp³-hybridized carbons (Fsp3) is 0.462. The maximum Gasteiger partial charge on any atom is 0.405 e. The number of benzene rings is 1. The molecule has 0 saturated heterocycles. The largest absolute Gasteiger partial charge is 0.405 e. The zero-order chi connectivity index (χ0) is 14.9. The van der Waals surface area contributed by atoms with Crippen LogP contribution in [0.15, 0.2) is 18.2 Å². The number of rotatable bonds is 4. The number of anilines is 2. The second-order valence-corrected chi connectivity index (χ2v) is 4.61. The van der Waals surface area contributed by atoms with Crippen LogP contribution in [0.25, 0.3) is 0 Å². The van der Waals surface area contributed by atoms with Crippen LogP contribution in [0.1, 0.15) is 18.5 Å². The van der Waals surface area contributed by atoms with Crippen molar-refractivity contribution in [3.05, 3.63) is 23.8 Å². The van der Waals surface area contributed by atoms with Crippen molar-refractivity contribution in [3.63, 3.8) is 0 Å². The van der Waals surface area contributed by atoms with Crippen molar-refractivity contribution in [2.75, 3.05) is 30.4 Å². The lowest BCUT2D eigenvalue weighted by molar-refractivity contribution is -0.119. The van der Waals surface area contributed by atoms with Gasteiger partial charge in [0, 0.05) is 23.5 Å². The van der Waals surface area contributed by atoms with Crippen molar-refractivity contribution in [2.24, 2.45) is 0 Å². The van der Waals surface area contributed by atoms with E-state index in [1.165, 1.54) is 4.90 Å². The number of hydrogen-bond donors (Lipinski definition) is 2. The van der Waals surface area contributed by atoms with Crippen molar-refractivity contribution in [3.8, 4) is 0 Å². The summed E-state index contributed by atoms with van der Waals surface area (Å²) in [5.41, 5.74) is 1.76. The second kappa shape index (κ2) is 5.32. The number of nitrogens with zero attached hydrogens (tertiary/aromatic N) is 1. The van der Waals surface area contributed by atoms with Gasteiger partial charge in [-0.2, -0.15) is 13.2 Å². The molecule has 1 aromatic rings. The quantitative estimate of drug-likeness (QED) is 0.893. The molecule has 1 aliphatic heterocycles. The average molecular weight is 287 g/mol. The van der Waals surface area contributed by atoms with E-state index in [1.54, 1.807) is 32.2 Å². The minimum atomic E-state index is -4.26. The third-order valence-corrected chi connectivity index (χ3v) is 3.27. The minimum Gasteiger partial charge on any atom is -0.363 e. The summed E-state index contributed by atoms with van der Waals surface area (Å²) in [6.45, 7) is 0.890. The number of fused-ring (bicyclic) bond motifs is 1. The Bertz CT molecular complexity index is 516. The molecule has 4 nitrogen and oxygen atoms in total. The van der Waals surface area contributed by atoms with Gasteiger partial charge < -0.3 is 15.5 Å². The molecule has 110 valence electrons. The van der Waals surface area contributed by atoms with E-state index in [-0.39, 0.29) is 12.5 Å². The molecule has 0 saturated carbocycles. The number of hydrogen-bond acceptors (Lipinski definition) is 3. The molecule has 1 aliphatic rings. The number of carbonyl (C=O) groups is 1. The van der Waals surface area contributed by atoms with E-state index < -0.39 is 18.8 Å². The van der Waals surface area contributed by atoms with Crippen LogP contribution in [-0.4, -0.2) is 32.2 Å². The molecule has 20 heavy (non-hydrogen) atoms. The van der Waals surface area contributed by atoms with Gasteiger partial charge in [0.05, 0.1) is 0 Å². The standard InChI is InChI=1S/C13H16F3N3O/c1-3-19(7-13(14,15)16)8-4-5-9-10(6-8)18-12(20)11(9)17-2/h4-6,11,17H,3,7H2,1-2H3,(H,18,20). The van der Waals surface area contributed by atoms with Crippen LogP contribution in [0.5, 0.6) is 0 Å². The summed E-state index contributed by atoms with van der Waals surface area (Å²) in [7, 11) is 1.66. The highest BCUT2D eigenvalue weighted by Crippen LogP contribution is 2.34. The SMILES string of the molecule is CCN(CC(F)(F)F)c1ccc2c(c1)NC(=O)C2NC. The summed E-state index contributed by atoms with van der Waals surface area (Å²) in [6.07, 6.45) is -4.26. The van der Waals surface area contributed by atoms with Crippen molar-refractivity contribution in [1.82, 2.24) is 5.32 Å². The molecule has 1 heterocycles. The predicted molar refractivity (Wildman–Crippen MR) is 70.8 cm³/mol. The highest BCUT2D eigenvalue weighted by molar-refractivity contribution is 6.03. The van der Waals surface area contributed by atoms with Gasteiger partial charge in [-0.05, 0) is 26.1 Å². The van der Waals surface area contributed by atoms with Crippen LogP contribution in [0.3, 0.4) is 0 Å². The Hall–Kier alpha value is -1.76. The molecule has 1 aromatic carbocycles. The number of alkyl halides is 3. The molecular formula is C13H16F3N3O. The van der Waals surface area contributed by atoms with Gasteiger partial charge >= 0.3 is 6.18 Å². The average Bonchev–Trinajstić information content (AvgIpc) is 2.69. The second-order valence-electron chi connectivity index (χ2n) is 4.61. The summed E-state index contributed by atoms with van der Waals surface area (Å²) < 4.78 is 37.5. The third-order valence-electron chi connectivity index (χ3n) is 3.27. The summed E-state index contributed by atoms with van der Waals surface area (Å²) in [6, 6.07) is 4.43.